The number of carbonyl (C=O) groups is 1. The molecule has 1 fully saturated rings. The molecule has 0 bridgehead atoms. The van der Waals surface area contributed by atoms with Gasteiger partial charge >= 0.3 is 0 Å². The third-order valence-corrected chi connectivity index (χ3v) is 6.03. The zero-order chi connectivity index (χ0) is 20.0. The Morgan fingerprint density at radius 3 is 2.38 bits per heavy atom. The standard InChI is InChI=1S/C22H22ClN5O/c1-24-17-10-11-26(14-17)18-6-8-19(9-7-18)27-12-15-13-28(25-21(15)22(27)29)20-4-2-16(23)3-5-20/h2-9,13,17,24H,10-12,14H2,1H3. The molecule has 1 unspecified atom stereocenters. The maximum atomic E-state index is 12.9. The predicted octanol–water partition coefficient (Wildman–Crippen LogP) is 3.48. The summed E-state index contributed by atoms with van der Waals surface area (Å²) in [6.45, 7) is 2.60. The van der Waals surface area contributed by atoms with E-state index in [1.807, 2.05) is 49.6 Å². The van der Waals surface area contributed by atoms with E-state index in [2.05, 4.69) is 27.4 Å². The molecular formula is C22H22ClN5O. The van der Waals surface area contributed by atoms with Crippen LogP contribution in [0, 0.1) is 0 Å². The first-order valence-electron chi connectivity index (χ1n) is 9.81. The quantitative estimate of drug-likeness (QED) is 0.719. The van der Waals surface area contributed by atoms with Crippen LogP contribution in [-0.4, -0.2) is 41.9 Å². The number of rotatable bonds is 4. The number of anilines is 2. The second kappa shape index (κ2) is 7.21. The molecule has 1 aromatic heterocycles. The molecule has 2 aromatic carbocycles. The molecule has 2 aliphatic heterocycles. The number of hydrogen-bond acceptors (Lipinski definition) is 4. The maximum absolute atomic E-state index is 12.9. The van der Waals surface area contributed by atoms with E-state index in [0.29, 0.717) is 23.3 Å². The van der Waals surface area contributed by atoms with E-state index in [-0.39, 0.29) is 5.91 Å². The zero-order valence-corrected chi connectivity index (χ0v) is 16.9. The van der Waals surface area contributed by atoms with Crippen molar-refractivity contribution in [1.82, 2.24) is 15.1 Å². The van der Waals surface area contributed by atoms with Crippen molar-refractivity contribution in [2.24, 2.45) is 0 Å². The molecule has 3 aromatic rings. The lowest BCUT2D eigenvalue weighted by molar-refractivity contribution is 0.0991. The van der Waals surface area contributed by atoms with Gasteiger partial charge in [-0.25, -0.2) is 4.68 Å². The van der Waals surface area contributed by atoms with Crippen LogP contribution in [0.25, 0.3) is 5.69 Å². The largest absolute Gasteiger partial charge is 0.370 e. The van der Waals surface area contributed by atoms with Crippen molar-refractivity contribution in [3.63, 3.8) is 0 Å². The highest BCUT2D eigenvalue weighted by Gasteiger charge is 2.32. The highest BCUT2D eigenvalue weighted by atomic mass is 35.5. The molecule has 3 heterocycles. The number of benzene rings is 2. The van der Waals surface area contributed by atoms with Gasteiger partial charge in [0.05, 0.1) is 12.2 Å². The molecule has 7 heteroatoms. The van der Waals surface area contributed by atoms with E-state index >= 15 is 0 Å². The van der Waals surface area contributed by atoms with Crippen LogP contribution in [-0.2, 0) is 6.54 Å². The van der Waals surface area contributed by atoms with Crippen LogP contribution in [0.3, 0.4) is 0 Å². The van der Waals surface area contributed by atoms with Crippen molar-refractivity contribution >= 4 is 28.9 Å². The third-order valence-electron chi connectivity index (χ3n) is 5.78. The zero-order valence-electron chi connectivity index (χ0n) is 16.2. The Kier molecular flexibility index (Phi) is 4.53. The SMILES string of the molecule is CNC1CCN(c2ccc(N3Cc4cn(-c5ccc(Cl)cc5)nc4C3=O)cc2)C1. The van der Waals surface area contributed by atoms with Crippen LogP contribution in [0.15, 0.2) is 54.7 Å². The highest BCUT2D eigenvalue weighted by molar-refractivity contribution is 6.30. The summed E-state index contributed by atoms with van der Waals surface area (Å²) in [4.78, 5) is 17.1. The minimum Gasteiger partial charge on any atom is -0.370 e. The number of aromatic nitrogens is 2. The number of amides is 1. The summed E-state index contributed by atoms with van der Waals surface area (Å²) in [7, 11) is 2.01. The minimum absolute atomic E-state index is 0.0584. The van der Waals surface area contributed by atoms with Crippen molar-refractivity contribution in [2.75, 3.05) is 29.9 Å². The van der Waals surface area contributed by atoms with Crippen molar-refractivity contribution in [3.05, 3.63) is 71.0 Å². The van der Waals surface area contributed by atoms with Crippen molar-refractivity contribution in [2.45, 2.75) is 19.0 Å². The molecule has 1 N–H and O–H groups in total. The average molecular weight is 408 g/mol. The Labute approximate surface area is 174 Å². The lowest BCUT2D eigenvalue weighted by Crippen LogP contribution is -2.29. The van der Waals surface area contributed by atoms with E-state index in [9.17, 15) is 4.79 Å². The van der Waals surface area contributed by atoms with Gasteiger partial charge in [-0.05, 0) is 62.0 Å². The predicted molar refractivity (Wildman–Crippen MR) is 115 cm³/mol. The van der Waals surface area contributed by atoms with Gasteiger partial charge in [0.25, 0.3) is 5.91 Å². The molecular weight excluding hydrogens is 386 g/mol. The molecule has 1 amide bonds. The van der Waals surface area contributed by atoms with Crippen LogP contribution >= 0.6 is 11.6 Å². The minimum atomic E-state index is -0.0584. The van der Waals surface area contributed by atoms with Gasteiger partial charge < -0.3 is 15.1 Å². The lowest BCUT2D eigenvalue weighted by Gasteiger charge is -2.21. The number of carbonyl (C=O) groups excluding carboxylic acids is 1. The molecule has 1 saturated heterocycles. The number of fused-ring (bicyclic) bond motifs is 1. The summed E-state index contributed by atoms with van der Waals surface area (Å²) >= 11 is 5.95. The van der Waals surface area contributed by atoms with Gasteiger partial charge in [-0.15, -0.1) is 0 Å². The fraction of sp³-hybridized carbons (Fsp3) is 0.273. The first kappa shape index (κ1) is 18.2. The number of nitrogens with one attached hydrogen (secondary N) is 1. The molecule has 29 heavy (non-hydrogen) atoms. The summed E-state index contributed by atoms with van der Waals surface area (Å²) < 4.78 is 1.74. The van der Waals surface area contributed by atoms with E-state index in [0.717, 1.165) is 36.4 Å². The van der Waals surface area contributed by atoms with Gasteiger partial charge in [-0.2, -0.15) is 5.10 Å². The van der Waals surface area contributed by atoms with Crippen molar-refractivity contribution in [1.29, 1.82) is 0 Å². The Balaban J connectivity index is 1.33. The number of hydrogen-bond donors (Lipinski definition) is 1. The summed E-state index contributed by atoms with van der Waals surface area (Å²) in [5.74, 6) is -0.0584. The third kappa shape index (κ3) is 3.28. The Morgan fingerprint density at radius 1 is 1.03 bits per heavy atom. The van der Waals surface area contributed by atoms with Crippen molar-refractivity contribution < 1.29 is 4.79 Å². The van der Waals surface area contributed by atoms with E-state index in [1.54, 1.807) is 9.58 Å². The molecule has 0 saturated carbocycles. The Bertz CT molecular complexity index is 1040. The normalized spacial score (nSPS) is 18.6. The topological polar surface area (TPSA) is 53.4 Å². The van der Waals surface area contributed by atoms with Crippen LogP contribution in [0.5, 0.6) is 0 Å². The summed E-state index contributed by atoms with van der Waals surface area (Å²) in [5, 5.41) is 8.53. The molecule has 5 rings (SSSR count). The van der Waals surface area contributed by atoms with Gasteiger partial charge in [0, 0.05) is 47.3 Å². The van der Waals surface area contributed by atoms with Gasteiger partial charge in [0.1, 0.15) is 0 Å². The lowest BCUT2D eigenvalue weighted by atomic mass is 10.2. The molecule has 148 valence electrons. The smallest absolute Gasteiger partial charge is 0.279 e. The van der Waals surface area contributed by atoms with Gasteiger partial charge in [-0.3, -0.25) is 4.79 Å². The van der Waals surface area contributed by atoms with Crippen LogP contribution in [0.1, 0.15) is 22.5 Å². The van der Waals surface area contributed by atoms with Gasteiger partial charge in [0.15, 0.2) is 5.69 Å². The monoisotopic (exact) mass is 407 g/mol. The molecule has 0 spiro atoms. The Hall–Kier alpha value is -2.83. The van der Waals surface area contributed by atoms with Crippen LogP contribution in [0.4, 0.5) is 11.4 Å². The average Bonchev–Trinajstić information content (AvgIpc) is 3.45. The first-order valence-corrected chi connectivity index (χ1v) is 10.2. The highest BCUT2D eigenvalue weighted by Crippen LogP contribution is 2.30. The molecule has 0 radical (unpaired) electrons. The number of nitrogens with zero attached hydrogens (tertiary/aromatic N) is 4. The molecule has 6 nitrogen and oxygen atoms in total. The summed E-state index contributed by atoms with van der Waals surface area (Å²) in [6, 6.07) is 16.2. The molecule has 0 aliphatic carbocycles. The number of likely N-dealkylation sites (N-methyl/N-ethyl adjacent to an activating group) is 1. The molecule has 1 atom stereocenters. The maximum Gasteiger partial charge on any atom is 0.279 e. The Morgan fingerprint density at radius 2 is 1.72 bits per heavy atom. The van der Waals surface area contributed by atoms with E-state index in [4.69, 9.17) is 11.6 Å². The summed E-state index contributed by atoms with van der Waals surface area (Å²) in [6.07, 6.45) is 3.08. The van der Waals surface area contributed by atoms with E-state index < -0.39 is 0 Å². The van der Waals surface area contributed by atoms with Crippen LogP contribution < -0.4 is 15.1 Å². The number of halogens is 1. The summed E-state index contributed by atoms with van der Waals surface area (Å²) in [5.41, 5.74) is 4.44. The molecule has 2 aliphatic rings. The first-order chi connectivity index (χ1) is 14.1. The fourth-order valence-electron chi connectivity index (χ4n) is 4.08. The second-order valence-electron chi connectivity index (χ2n) is 7.55. The van der Waals surface area contributed by atoms with Crippen molar-refractivity contribution in [3.8, 4) is 5.69 Å². The second-order valence-corrected chi connectivity index (χ2v) is 7.99. The van der Waals surface area contributed by atoms with Crippen LogP contribution in [0.2, 0.25) is 5.02 Å². The van der Waals surface area contributed by atoms with Gasteiger partial charge in [-0.1, -0.05) is 11.6 Å². The van der Waals surface area contributed by atoms with Gasteiger partial charge in [0.2, 0.25) is 0 Å². The fourth-order valence-corrected chi connectivity index (χ4v) is 4.21. The van der Waals surface area contributed by atoms with E-state index in [1.165, 1.54) is 5.69 Å².